The number of nitrogens with zero attached hydrogens (tertiary/aromatic N) is 1. The molecule has 1 saturated heterocycles. The molecular formula is C16H23NO3. The van der Waals surface area contributed by atoms with Gasteiger partial charge in [0.25, 0.3) is 0 Å². The Labute approximate surface area is 120 Å². The van der Waals surface area contributed by atoms with E-state index in [1.807, 2.05) is 18.2 Å². The van der Waals surface area contributed by atoms with Crippen LogP contribution in [0.5, 0.6) is 5.75 Å². The van der Waals surface area contributed by atoms with Crippen LogP contribution in [0.15, 0.2) is 24.3 Å². The van der Waals surface area contributed by atoms with E-state index in [-0.39, 0.29) is 11.9 Å². The zero-order chi connectivity index (χ0) is 14.5. The van der Waals surface area contributed by atoms with Crippen LogP contribution in [-0.4, -0.2) is 44.2 Å². The van der Waals surface area contributed by atoms with E-state index in [1.165, 1.54) is 12.7 Å². The standard InChI is InChI=1S/C16H23NO3/c1-12-5-4-6-14(9-12)20-8-7-17-10-13(2)15(11-17)16(18)19-3/h4-6,9,13,15H,7-8,10-11H2,1-3H3. The molecule has 0 N–H and O–H groups in total. The van der Waals surface area contributed by atoms with Gasteiger partial charge in [0.05, 0.1) is 13.0 Å². The second-order valence-corrected chi connectivity index (χ2v) is 5.53. The maximum Gasteiger partial charge on any atom is 0.310 e. The van der Waals surface area contributed by atoms with Crippen LogP contribution in [0.1, 0.15) is 12.5 Å². The summed E-state index contributed by atoms with van der Waals surface area (Å²) in [5, 5.41) is 0. The molecule has 0 aliphatic carbocycles. The number of ether oxygens (including phenoxy) is 2. The Morgan fingerprint density at radius 3 is 2.90 bits per heavy atom. The molecule has 2 atom stereocenters. The Hall–Kier alpha value is -1.55. The second-order valence-electron chi connectivity index (χ2n) is 5.53. The summed E-state index contributed by atoms with van der Waals surface area (Å²) in [6.45, 7) is 7.33. The molecule has 0 spiro atoms. The van der Waals surface area contributed by atoms with Crippen molar-refractivity contribution >= 4 is 5.97 Å². The minimum absolute atomic E-state index is 0.000954. The van der Waals surface area contributed by atoms with Crippen LogP contribution >= 0.6 is 0 Å². The van der Waals surface area contributed by atoms with Gasteiger partial charge in [-0.2, -0.15) is 0 Å². The minimum Gasteiger partial charge on any atom is -0.492 e. The molecule has 2 unspecified atom stereocenters. The van der Waals surface area contributed by atoms with Crippen molar-refractivity contribution in [2.45, 2.75) is 13.8 Å². The molecule has 1 aliphatic rings. The van der Waals surface area contributed by atoms with E-state index >= 15 is 0 Å². The van der Waals surface area contributed by atoms with Crippen LogP contribution in [-0.2, 0) is 9.53 Å². The number of carbonyl (C=O) groups excluding carboxylic acids is 1. The van der Waals surface area contributed by atoms with Gasteiger partial charge in [-0.05, 0) is 30.5 Å². The van der Waals surface area contributed by atoms with Gasteiger partial charge in [0, 0.05) is 19.6 Å². The molecule has 1 aliphatic heterocycles. The summed E-state index contributed by atoms with van der Waals surface area (Å²) in [5.74, 6) is 1.15. The Kier molecular flexibility index (Phi) is 5.01. The fraction of sp³-hybridized carbons (Fsp3) is 0.562. The lowest BCUT2D eigenvalue weighted by atomic mass is 9.99. The van der Waals surface area contributed by atoms with E-state index in [9.17, 15) is 4.79 Å². The Bertz CT molecular complexity index is 461. The van der Waals surface area contributed by atoms with E-state index in [4.69, 9.17) is 9.47 Å². The zero-order valence-electron chi connectivity index (χ0n) is 12.5. The fourth-order valence-electron chi connectivity index (χ4n) is 2.71. The Morgan fingerprint density at radius 2 is 2.20 bits per heavy atom. The number of carbonyl (C=O) groups is 1. The van der Waals surface area contributed by atoms with Crippen LogP contribution in [0, 0.1) is 18.8 Å². The number of esters is 1. The summed E-state index contributed by atoms with van der Waals surface area (Å²) < 4.78 is 10.6. The lowest BCUT2D eigenvalue weighted by molar-refractivity contribution is -0.146. The molecule has 0 radical (unpaired) electrons. The third-order valence-corrected chi connectivity index (χ3v) is 3.86. The molecule has 1 aromatic rings. The maximum absolute atomic E-state index is 11.6. The number of rotatable bonds is 5. The number of hydrogen-bond donors (Lipinski definition) is 0. The summed E-state index contributed by atoms with van der Waals surface area (Å²) >= 11 is 0. The van der Waals surface area contributed by atoms with E-state index in [2.05, 4.69) is 24.8 Å². The van der Waals surface area contributed by atoms with E-state index in [0.717, 1.165) is 25.4 Å². The Morgan fingerprint density at radius 1 is 1.40 bits per heavy atom. The SMILES string of the molecule is COC(=O)C1CN(CCOc2cccc(C)c2)CC1C. The maximum atomic E-state index is 11.6. The van der Waals surface area contributed by atoms with Crippen LogP contribution in [0.3, 0.4) is 0 Å². The van der Waals surface area contributed by atoms with Crippen molar-refractivity contribution in [1.29, 1.82) is 0 Å². The normalized spacial score (nSPS) is 22.8. The number of hydrogen-bond acceptors (Lipinski definition) is 4. The van der Waals surface area contributed by atoms with Gasteiger partial charge in [-0.1, -0.05) is 19.1 Å². The molecule has 110 valence electrons. The predicted octanol–water partition coefficient (Wildman–Crippen LogP) is 2.11. The highest BCUT2D eigenvalue weighted by Gasteiger charge is 2.35. The summed E-state index contributed by atoms with van der Waals surface area (Å²) in [4.78, 5) is 13.9. The zero-order valence-corrected chi connectivity index (χ0v) is 12.5. The van der Waals surface area contributed by atoms with Crippen molar-refractivity contribution in [3.05, 3.63) is 29.8 Å². The van der Waals surface area contributed by atoms with E-state index < -0.39 is 0 Å². The lowest BCUT2D eigenvalue weighted by Gasteiger charge is -2.16. The highest BCUT2D eigenvalue weighted by molar-refractivity contribution is 5.73. The summed E-state index contributed by atoms with van der Waals surface area (Å²) in [6.07, 6.45) is 0. The highest BCUT2D eigenvalue weighted by atomic mass is 16.5. The first kappa shape index (κ1) is 14.9. The molecule has 0 saturated carbocycles. The van der Waals surface area contributed by atoms with Gasteiger partial charge in [-0.25, -0.2) is 0 Å². The van der Waals surface area contributed by atoms with Gasteiger partial charge in [0.1, 0.15) is 12.4 Å². The van der Waals surface area contributed by atoms with Gasteiger partial charge in [0.2, 0.25) is 0 Å². The van der Waals surface area contributed by atoms with E-state index in [1.54, 1.807) is 0 Å². The second kappa shape index (κ2) is 6.75. The molecule has 0 amide bonds. The van der Waals surface area contributed by atoms with Gasteiger partial charge >= 0.3 is 5.97 Å². The first-order valence-electron chi connectivity index (χ1n) is 7.10. The smallest absolute Gasteiger partial charge is 0.310 e. The number of benzene rings is 1. The molecule has 1 fully saturated rings. The van der Waals surface area contributed by atoms with Crippen molar-refractivity contribution in [3.63, 3.8) is 0 Å². The Balaban J connectivity index is 1.77. The van der Waals surface area contributed by atoms with Crippen LogP contribution < -0.4 is 4.74 Å². The molecule has 0 bridgehead atoms. The first-order chi connectivity index (χ1) is 9.60. The van der Waals surface area contributed by atoms with Crippen LogP contribution in [0.2, 0.25) is 0 Å². The van der Waals surface area contributed by atoms with Crippen molar-refractivity contribution in [1.82, 2.24) is 4.90 Å². The predicted molar refractivity (Wildman–Crippen MR) is 77.8 cm³/mol. The van der Waals surface area contributed by atoms with Gasteiger partial charge in [-0.15, -0.1) is 0 Å². The van der Waals surface area contributed by atoms with Crippen LogP contribution in [0.4, 0.5) is 0 Å². The minimum atomic E-state index is -0.0976. The van der Waals surface area contributed by atoms with Crippen molar-refractivity contribution < 1.29 is 14.3 Å². The number of aryl methyl sites for hydroxylation is 1. The monoisotopic (exact) mass is 277 g/mol. The molecule has 0 aromatic heterocycles. The van der Waals surface area contributed by atoms with Gasteiger partial charge in [0.15, 0.2) is 0 Å². The molecule has 20 heavy (non-hydrogen) atoms. The molecule has 1 heterocycles. The molecular weight excluding hydrogens is 254 g/mol. The lowest BCUT2D eigenvalue weighted by Crippen LogP contribution is -2.28. The number of likely N-dealkylation sites (tertiary alicyclic amines) is 1. The first-order valence-corrected chi connectivity index (χ1v) is 7.10. The quantitative estimate of drug-likeness (QED) is 0.773. The molecule has 1 aromatic carbocycles. The average molecular weight is 277 g/mol. The molecule has 2 rings (SSSR count). The summed E-state index contributed by atoms with van der Waals surface area (Å²) in [7, 11) is 1.46. The van der Waals surface area contributed by atoms with Crippen molar-refractivity contribution in [2.75, 3.05) is 33.4 Å². The number of methoxy groups -OCH3 is 1. The summed E-state index contributed by atoms with van der Waals surface area (Å²) in [6, 6.07) is 8.05. The third kappa shape index (κ3) is 3.73. The summed E-state index contributed by atoms with van der Waals surface area (Å²) in [5.41, 5.74) is 1.20. The third-order valence-electron chi connectivity index (χ3n) is 3.86. The highest BCUT2D eigenvalue weighted by Crippen LogP contribution is 2.23. The van der Waals surface area contributed by atoms with Crippen LogP contribution in [0.25, 0.3) is 0 Å². The van der Waals surface area contributed by atoms with Crippen molar-refractivity contribution in [3.8, 4) is 5.75 Å². The topological polar surface area (TPSA) is 38.8 Å². The average Bonchev–Trinajstić information content (AvgIpc) is 2.79. The molecule has 4 heteroatoms. The molecule has 4 nitrogen and oxygen atoms in total. The van der Waals surface area contributed by atoms with Crippen molar-refractivity contribution in [2.24, 2.45) is 11.8 Å². The van der Waals surface area contributed by atoms with E-state index in [0.29, 0.717) is 12.5 Å². The largest absolute Gasteiger partial charge is 0.492 e. The van der Waals surface area contributed by atoms with Gasteiger partial charge < -0.3 is 9.47 Å². The van der Waals surface area contributed by atoms with Gasteiger partial charge in [-0.3, -0.25) is 9.69 Å². The fourth-order valence-corrected chi connectivity index (χ4v) is 2.71.